The van der Waals surface area contributed by atoms with Gasteiger partial charge < -0.3 is 14.5 Å². The molecule has 0 saturated carbocycles. The predicted octanol–water partition coefficient (Wildman–Crippen LogP) is 3.82. The summed E-state index contributed by atoms with van der Waals surface area (Å²) in [4.78, 5) is 29.2. The molecule has 2 amide bonds. The number of benzene rings is 2. The molecule has 2 aliphatic heterocycles. The van der Waals surface area contributed by atoms with Gasteiger partial charge in [-0.25, -0.2) is 0 Å². The molecule has 5 rings (SSSR count). The van der Waals surface area contributed by atoms with E-state index < -0.39 is 0 Å². The van der Waals surface area contributed by atoms with E-state index in [2.05, 4.69) is 26.1 Å². The van der Waals surface area contributed by atoms with Crippen molar-refractivity contribution in [1.29, 1.82) is 0 Å². The largest absolute Gasteiger partial charge is 0.473 e. The molecule has 3 aromatic rings. The molecule has 1 atom stereocenters. The number of aromatic nitrogens is 2. The van der Waals surface area contributed by atoms with E-state index in [0.29, 0.717) is 25.5 Å². The molecular formula is C24H23BrN4O3. The van der Waals surface area contributed by atoms with Gasteiger partial charge in [-0.1, -0.05) is 40.2 Å². The molecule has 0 N–H and O–H groups in total. The summed E-state index contributed by atoms with van der Waals surface area (Å²) >= 11 is 3.44. The Morgan fingerprint density at radius 3 is 2.72 bits per heavy atom. The summed E-state index contributed by atoms with van der Waals surface area (Å²) < 4.78 is 7.06. The van der Waals surface area contributed by atoms with Crippen LogP contribution in [0, 0.1) is 5.92 Å². The van der Waals surface area contributed by atoms with Crippen LogP contribution < -0.4 is 9.64 Å². The Balaban J connectivity index is 1.19. The lowest BCUT2D eigenvalue weighted by Crippen LogP contribution is -2.45. The van der Waals surface area contributed by atoms with Crippen molar-refractivity contribution in [3.05, 3.63) is 59.2 Å². The van der Waals surface area contributed by atoms with Crippen molar-refractivity contribution in [2.75, 3.05) is 24.5 Å². The summed E-state index contributed by atoms with van der Waals surface area (Å²) in [6, 6.07) is 15.5. The zero-order valence-electron chi connectivity index (χ0n) is 17.5. The molecule has 0 radical (unpaired) electrons. The van der Waals surface area contributed by atoms with E-state index in [0.717, 1.165) is 33.8 Å². The summed E-state index contributed by atoms with van der Waals surface area (Å²) in [5.41, 5.74) is 0.822. The predicted molar refractivity (Wildman–Crippen MR) is 124 cm³/mol. The number of piperidine rings is 1. The van der Waals surface area contributed by atoms with E-state index >= 15 is 0 Å². The van der Waals surface area contributed by atoms with Crippen molar-refractivity contribution < 1.29 is 14.3 Å². The number of hydrogen-bond donors (Lipinski definition) is 0. The third-order valence-electron chi connectivity index (χ3n) is 6.16. The van der Waals surface area contributed by atoms with E-state index in [1.54, 1.807) is 11.1 Å². The van der Waals surface area contributed by atoms with Gasteiger partial charge in [0.2, 0.25) is 17.7 Å². The van der Waals surface area contributed by atoms with E-state index in [4.69, 9.17) is 4.74 Å². The van der Waals surface area contributed by atoms with Crippen LogP contribution in [0.25, 0.3) is 10.8 Å². The number of anilines is 1. The first-order valence-corrected chi connectivity index (χ1v) is 11.6. The Morgan fingerprint density at radius 2 is 1.91 bits per heavy atom. The number of carbonyl (C=O) groups excluding carboxylic acids is 2. The zero-order chi connectivity index (χ0) is 22.1. The summed E-state index contributed by atoms with van der Waals surface area (Å²) in [5.74, 6) is 0.287. The molecule has 3 heterocycles. The van der Waals surface area contributed by atoms with Gasteiger partial charge in [0.05, 0.1) is 12.1 Å². The number of fused-ring (bicyclic) bond motifs is 1. The Kier molecular flexibility index (Phi) is 5.78. The van der Waals surface area contributed by atoms with Gasteiger partial charge in [-0.3, -0.25) is 9.59 Å². The number of nitrogens with zero attached hydrogens (tertiary/aromatic N) is 4. The van der Waals surface area contributed by atoms with Gasteiger partial charge in [-0.15, -0.1) is 5.10 Å². The van der Waals surface area contributed by atoms with Crippen molar-refractivity contribution in [3.63, 3.8) is 0 Å². The Bertz CT molecular complexity index is 1160. The molecular weight excluding hydrogens is 472 g/mol. The number of likely N-dealkylation sites (tertiary alicyclic amines) is 1. The number of halogens is 1. The number of hydrogen-bond acceptors (Lipinski definition) is 5. The third-order valence-corrected chi connectivity index (χ3v) is 6.66. The minimum absolute atomic E-state index is 0.00537. The van der Waals surface area contributed by atoms with E-state index in [9.17, 15) is 9.59 Å². The highest BCUT2D eigenvalue weighted by Crippen LogP contribution is 2.30. The maximum atomic E-state index is 13.1. The Labute approximate surface area is 194 Å². The van der Waals surface area contributed by atoms with E-state index in [1.165, 1.54) is 0 Å². The molecule has 1 unspecified atom stereocenters. The van der Waals surface area contributed by atoms with Crippen molar-refractivity contribution in [3.8, 4) is 5.88 Å². The van der Waals surface area contributed by atoms with Gasteiger partial charge in [0.1, 0.15) is 6.10 Å². The van der Waals surface area contributed by atoms with Crippen LogP contribution >= 0.6 is 15.9 Å². The first-order chi connectivity index (χ1) is 15.6. The molecule has 0 aliphatic carbocycles. The second kappa shape index (κ2) is 8.86. The van der Waals surface area contributed by atoms with Crippen molar-refractivity contribution in [1.82, 2.24) is 15.1 Å². The fourth-order valence-corrected chi connectivity index (χ4v) is 4.85. The lowest BCUT2D eigenvalue weighted by Gasteiger charge is -2.33. The maximum Gasteiger partial charge on any atom is 0.241 e. The van der Waals surface area contributed by atoms with Crippen LogP contribution in [0.4, 0.5) is 5.69 Å². The zero-order valence-corrected chi connectivity index (χ0v) is 19.1. The van der Waals surface area contributed by atoms with Crippen molar-refractivity contribution in [2.45, 2.75) is 25.4 Å². The fourth-order valence-electron chi connectivity index (χ4n) is 4.47. The number of ether oxygens (including phenoxy) is 1. The Hall–Kier alpha value is -3.00. The lowest BCUT2D eigenvalue weighted by molar-refractivity contribution is -0.137. The van der Waals surface area contributed by atoms with Gasteiger partial charge in [-0.05, 0) is 24.3 Å². The molecule has 2 aromatic carbocycles. The molecule has 0 spiro atoms. The molecule has 1 aromatic heterocycles. The highest BCUT2D eigenvalue weighted by molar-refractivity contribution is 9.10. The third kappa shape index (κ3) is 4.19. The average molecular weight is 495 g/mol. The SMILES string of the molecule is O=C(C1CC(=O)N(c2cccc(Br)c2)C1)N1CCC(Oc2nncc3ccccc23)CC1. The first kappa shape index (κ1) is 20.9. The lowest BCUT2D eigenvalue weighted by atomic mass is 10.0. The number of rotatable bonds is 4. The molecule has 2 aliphatic rings. The molecule has 8 heteroatoms. The van der Waals surface area contributed by atoms with Crippen molar-refractivity contribution >= 4 is 44.2 Å². The smallest absolute Gasteiger partial charge is 0.241 e. The van der Waals surface area contributed by atoms with Crippen LogP contribution in [0.2, 0.25) is 0 Å². The van der Waals surface area contributed by atoms with Crippen LogP contribution in [-0.4, -0.2) is 52.6 Å². The molecule has 0 bridgehead atoms. The highest BCUT2D eigenvalue weighted by atomic mass is 79.9. The highest BCUT2D eigenvalue weighted by Gasteiger charge is 2.38. The minimum Gasteiger partial charge on any atom is -0.473 e. The number of carbonyl (C=O) groups is 2. The van der Waals surface area contributed by atoms with Crippen molar-refractivity contribution in [2.24, 2.45) is 5.92 Å². The molecule has 2 saturated heterocycles. The summed E-state index contributed by atoms with van der Waals surface area (Å²) in [5, 5.41) is 10.1. The van der Waals surface area contributed by atoms with Crippen LogP contribution in [-0.2, 0) is 9.59 Å². The van der Waals surface area contributed by atoms with E-state index in [1.807, 2.05) is 53.4 Å². The second-order valence-electron chi connectivity index (χ2n) is 8.26. The van der Waals surface area contributed by atoms with Gasteiger partial charge in [-0.2, -0.15) is 5.10 Å². The maximum absolute atomic E-state index is 13.1. The normalized spacial score (nSPS) is 19.5. The average Bonchev–Trinajstić information content (AvgIpc) is 3.21. The topological polar surface area (TPSA) is 75.6 Å². The van der Waals surface area contributed by atoms with Gasteiger partial charge in [0.25, 0.3) is 0 Å². The molecule has 2 fully saturated rings. The monoisotopic (exact) mass is 494 g/mol. The van der Waals surface area contributed by atoms with Gasteiger partial charge in [0.15, 0.2) is 0 Å². The van der Waals surface area contributed by atoms with Crippen LogP contribution in [0.1, 0.15) is 19.3 Å². The van der Waals surface area contributed by atoms with Crippen LogP contribution in [0.15, 0.2) is 59.2 Å². The molecule has 32 heavy (non-hydrogen) atoms. The Morgan fingerprint density at radius 1 is 1.09 bits per heavy atom. The fraction of sp³-hybridized carbons (Fsp3) is 0.333. The summed E-state index contributed by atoms with van der Waals surface area (Å²) in [7, 11) is 0. The quantitative estimate of drug-likeness (QED) is 0.551. The van der Waals surface area contributed by atoms with Gasteiger partial charge >= 0.3 is 0 Å². The molecule has 164 valence electrons. The van der Waals surface area contributed by atoms with Crippen LogP contribution in [0.3, 0.4) is 0 Å². The minimum atomic E-state index is -0.303. The summed E-state index contributed by atoms with van der Waals surface area (Å²) in [6.45, 7) is 1.66. The number of amides is 2. The first-order valence-electron chi connectivity index (χ1n) is 10.8. The van der Waals surface area contributed by atoms with E-state index in [-0.39, 0.29) is 30.3 Å². The second-order valence-corrected chi connectivity index (χ2v) is 9.18. The van der Waals surface area contributed by atoms with Gasteiger partial charge in [0, 0.05) is 59.8 Å². The standard InChI is InChI=1S/C24H23BrN4O3/c25-18-5-3-6-19(13-18)29-15-17(12-22(29)30)24(31)28-10-8-20(9-11-28)32-23-21-7-2-1-4-16(21)14-26-27-23/h1-7,13-14,17,20H,8-12,15H2. The summed E-state index contributed by atoms with van der Waals surface area (Å²) in [6.07, 6.45) is 3.43. The van der Waals surface area contributed by atoms with Crippen LogP contribution in [0.5, 0.6) is 5.88 Å². The molecule has 7 nitrogen and oxygen atoms in total.